The molecule has 0 saturated heterocycles. The molecule has 2 rings (SSSR count). The Balaban J connectivity index is 1.94. The number of rotatable bonds is 4. The average Bonchev–Trinajstić information content (AvgIpc) is 2.20. The van der Waals surface area contributed by atoms with E-state index in [4.69, 9.17) is 10.5 Å². The Morgan fingerprint density at radius 1 is 1.31 bits per heavy atom. The lowest BCUT2D eigenvalue weighted by molar-refractivity contribution is 0.216. The van der Waals surface area contributed by atoms with E-state index < -0.39 is 11.6 Å². The molecule has 0 spiro atoms. The van der Waals surface area contributed by atoms with E-state index in [-0.39, 0.29) is 11.4 Å². The molecule has 1 saturated carbocycles. The SMILES string of the molecule is Nc1ccc(F)c(F)c1OCCC1CCC1. The van der Waals surface area contributed by atoms with Crippen molar-refractivity contribution in [2.45, 2.75) is 25.7 Å². The number of ether oxygens (including phenoxy) is 1. The first-order valence-corrected chi connectivity index (χ1v) is 5.54. The molecule has 1 fully saturated rings. The van der Waals surface area contributed by atoms with Gasteiger partial charge in [0.05, 0.1) is 12.3 Å². The summed E-state index contributed by atoms with van der Waals surface area (Å²) in [6, 6.07) is 2.32. The van der Waals surface area contributed by atoms with Crippen LogP contribution in [0.3, 0.4) is 0 Å². The van der Waals surface area contributed by atoms with Crippen molar-refractivity contribution in [3.8, 4) is 5.75 Å². The minimum Gasteiger partial charge on any atom is -0.488 e. The van der Waals surface area contributed by atoms with Crippen LogP contribution in [0.4, 0.5) is 14.5 Å². The van der Waals surface area contributed by atoms with Gasteiger partial charge in [-0.25, -0.2) is 4.39 Å². The van der Waals surface area contributed by atoms with Crippen molar-refractivity contribution >= 4 is 5.69 Å². The van der Waals surface area contributed by atoms with Crippen molar-refractivity contribution in [2.24, 2.45) is 5.92 Å². The van der Waals surface area contributed by atoms with Crippen molar-refractivity contribution in [3.05, 3.63) is 23.8 Å². The van der Waals surface area contributed by atoms with E-state index in [1.807, 2.05) is 0 Å². The van der Waals surface area contributed by atoms with Gasteiger partial charge in [0, 0.05) is 0 Å². The second kappa shape index (κ2) is 4.68. The van der Waals surface area contributed by atoms with Crippen LogP contribution in [0.5, 0.6) is 5.75 Å². The second-order valence-corrected chi connectivity index (χ2v) is 4.21. The van der Waals surface area contributed by atoms with Crippen molar-refractivity contribution in [1.82, 2.24) is 0 Å². The smallest absolute Gasteiger partial charge is 0.202 e. The van der Waals surface area contributed by atoms with E-state index in [1.54, 1.807) is 0 Å². The summed E-state index contributed by atoms with van der Waals surface area (Å²) in [6.45, 7) is 0.398. The molecule has 2 nitrogen and oxygen atoms in total. The van der Waals surface area contributed by atoms with Gasteiger partial charge in [-0.1, -0.05) is 19.3 Å². The number of hydrogen-bond donors (Lipinski definition) is 1. The molecule has 0 unspecified atom stereocenters. The highest BCUT2D eigenvalue weighted by Crippen LogP contribution is 2.31. The van der Waals surface area contributed by atoms with Crippen molar-refractivity contribution in [3.63, 3.8) is 0 Å². The third-order valence-corrected chi connectivity index (χ3v) is 3.08. The van der Waals surface area contributed by atoms with Crippen molar-refractivity contribution in [2.75, 3.05) is 12.3 Å². The fraction of sp³-hybridized carbons (Fsp3) is 0.500. The minimum absolute atomic E-state index is 0.146. The van der Waals surface area contributed by atoms with Gasteiger partial charge in [-0.15, -0.1) is 0 Å². The molecule has 1 aliphatic rings. The molecular weight excluding hydrogens is 212 g/mol. The predicted octanol–water partition coefficient (Wildman–Crippen LogP) is 3.12. The van der Waals surface area contributed by atoms with Gasteiger partial charge in [0.2, 0.25) is 5.82 Å². The Labute approximate surface area is 93.4 Å². The highest BCUT2D eigenvalue weighted by molar-refractivity contribution is 5.53. The molecule has 1 aromatic carbocycles. The number of halogens is 2. The summed E-state index contributed by atoms with van der Waals surface area (Å²) >= 11 is 0. The van der Waals surface area contributed by atoms with Gasteiger partial charge in [-0.3, -0.25) is 0 Å². The summed E-state index contributed by atoms with van der Waals surface area (Å²) in [6.07, 6.45) is 4.57. The van der Waals surface area contributed by atoms with E-state index in [9.17, 15) is 8.78 Å². The van der Waals surface area contributed by atoms with Gasteiger partial charge in [0.15, 0.2) is 11.6 Å². The molecule has 1 aromatic rings. The van der Waals surface area contributed by atoms with Gasteiger partial charge in [-0.2, -0.15) is 4.39 Å². The number of anilines is 1. The van der Waals surface area contributed by atoms with Gasteiger partial charge in [0.1, 0.15) is 0 Å². The third-order valence-electron chi connectivity index (χ3n) is 3.08. The maximum atomic E-state index is 13.3. The van der Waals surface area contributed by atoms with Crippen LogP contribution in [0.15, 0.2) is 12.1 Å². The standard InChI is InChI=1S/C12H15F2NO/c13-9-4-5-10(15)12(11(9)14)16-7-6-8-2-1-3-8/h4-5,8H,1-3,6-7,15H2. The van der Waals surface area contributed by atoms with Crippen LogP contribution in [0.25, 0.3) is 0 Å². The average molecular weight is 227 g/mol. The van der Waals surface area contributed by atoms with E-state index in [2.05, 4.69) is 0 Å². The molecule has 0 bridgehead atoms. The first kappa shape index (κ1) is 11.2. The lowest BCUT2D eigenvalue weighted by Gasteiger charge is -2.25. The zero-order chi connectivity index (χ0) is 11.5. The summed E-state index contributed by atoms with van der Waals surface area (Å²) in [5.74, 6) is -1.39. The van der Waals surface area contributed by atoms with Crippen molar-refractivity contribution < 1.29 is 13.5 Å². The number of nitrogen functional groups attached to an aromatic ring is 1. The Kier molecular flexibility index (Phi) is 3.27. The van der Waals surface area contributed by atoms with Crippen LogP contribution in [0.1, 0.15) is 25.7 Å². The van der Waals surface area contributed by atoms with Gasteiger partial charge in [0.25, 0.3) is 0 Å². The predicted molar refractivity (Wildman–Crippen MR) is 58.2 cm³/mol. The lowest BCUT2D eigenvalue weighted by atomic mass is 9.83. The normalized spacial score (nSPS) is 15.9. The molecule has 0 aromatic heterocycles. The van der Waals surface area contributed by atoms with E-state index in [1.165, 1.54) is 25.3 Å². The third kappa shape index (κ3) is 2.26. The Bertz CT molecular complexity index is 378. The molecule has 0 radical (unpaired) electrons. The van der Waals surface area contributed by atoms with Crippen LogP contribution in [-0.2, 0) is 0 Å². The highest BCUT2D eigenvalue weighted by atomic mass is 19.2. The Morgan fingerprint density at radius 3 is 2.69 bits per heavy atom. The van der Waals surface area contributed by atoms with Crippen LogP contribution in [0, 0.1) is 17.6 Å². The summed E-state index contributed by atoms with van der Waals surface area (Å²) in [5, 5.41) is 0. The topological polar surface area (TPSA) is 35.2 Å². The van der Waals surface area contributed by atoms with E-state index in [0.717, 1.165) is 12.5 Å². The lowest BCUT2D eigenvalue weighted by Crippen LogP contribution is -2.15. The summed E-state index contributed by atoms with van der Waals surface area (Å²) in [4.78, 5) is 0. The van der Waals surface area contributed by atoms with E-state index in [0.29, 0.717) is 12.5 Å². The van der Waals surface area contributed by atoms with Crippen molar-refractivity contribution in [1.29, 1.82) is 0 Å². The molecule has 0 aliphatic heterocycles. The second-order valence-electron chi connectivity index (χ2n) is 4.21. The number of benzene rings is 1. The molecule has 4 heteroatoms. The van der Waals surface area contributed by atoms with Gasteiger partial charge in [-0.05, 0) is 24.5 Å². The molecule has 0 amide bonds. The fourth-order valence-electron chi connectivity index (χ4n) is 1.80. The number of hydrogen-bond acceptors (Lipinski definition) is 2. The van der Waals surface area contributed by atoms with Crippen LogP contribution >= 0.6 is 0 Å². The summed E-state index contributed by atoms with van der Waals surface area (Å²) in [7, 11) is 0. The zero-order valence-electron chi connectivity index (χ0n) is 9.01. The summed E-state index contributed by atoms with van der Waals surface area (Å²) < 4.78 is 31.4. The molecule has 1 aliphatic carbocycles. The summed E-state index contributed by atoms with van der Waals surface area (Å²) in [5.41, 5.74) is 5.67. The van der Waals surface area contributed by atoms with Crippen LogP contribution in [-0.4, -0.2) is 6.61 Å². The molecule has 2 N–H and O–H groups in total. The molecule has 0 heterocycles. The quantitative estimate of drug-likeness (QED) is 0.802. The highest BCUT2D eigenvalue weighted by Gasteiger charge is 2.18. The maximum Gasteiger partial charge on any atom is 0.202 e. The Morgan fingerprint density at radius 2 is 2.06 bits per heavy atom. The molecule has 0 atom stereocenters. The van der Waals surface area contributed by atoms with Crippen LogP contribution in [0.2, 0.25) is 0 Å². The minimum atomic E-state index is -0.992. The van der Waals surface area contributed by atoms with Gasteiger partial charge >= 0.3 is 0 Å². The monoisotopic (exact) mass is 227 g/mol. The number of nitrogens with two attached hydrogens (primary N) is 1. The maximum absolute atomic E-state index is 13.3. The molecule has 88 valence electrons. The first-order chi connectivity index (χ1) is 7.68. The Hall–Kier alpha value is -1.32. The van der Waals surface area contributed by atoms with E-state index >= 15 is 0 Å². The first-order valence-electron chi connectivity index (χ1n) is 5.54. The molecule has 16 heavy (non-hydrogen) atoms. The zero-order valence-corrected chi connectivity index (χ0v) is 9.01. The fourth-order valence-corrected chi connectivity index (χ4v) is 1.80. The largest absolute Gasteiger partial charge is 0.488 e. The molecular formula is C12H15F2NO. The van der Waals surface area contributed by atoms with Gasteiger partial charge < -0.3 is 10.5 Å². The van der Waals surface area contributed by atoms with Crippen LogP contribution < -0.4 is 10.5 Å².